The third kappa shape index (κ3) is 2.64. The number of aromatic nitrogens is 2. The van der Waals surface area contributed by atoms with Crippen LogP contribution in [-0.2, 0) is 6.54 Å². The van der Waals surface area contributed by atoms with Crippen LogP contribution in [0, 0.1) is 11.8 Å². The van der Waals surface area contributed by atoms with E-state index in [-0.39, 0.29) is 0 Å². The maximum absolute atomic E-state index is 4.34. The average molecular weight is 221 g/mol. The van der Waals surface area contributed by atoms with Gasteiger partial charge < -0.3 is 5.32 Å². The van der Waals surface area contributed by atoms with Crippen molar-refractivity contribution in [1.29, 1.82) is 0 Å². The van der Waals surface area contributed by atoms with Crippen LogP contribution in [0.1, 0.15) is 38.8 Å². The summed E-state index contributed by atoms with van der Waals surface area (Å²) >= 11 is 0. The Labute approximate surface area is 98.2 Å². The molecule has 1 saturated carbocycles. The van der Waals surface area contributed by atoms with E-state index in [0.717, 1.165) is 37.4 Å². The van der Waals surface area contributed by atoms with Crippen LogP contribution in [0.2, 0.25) is 0 Å². The van der Waals surface area contributed by atoms with Crippen LogP contribution in [0.5, 0.6) is 0 Å². The zero-order valence-corrected chi connectivity index (χ0v) is 10.6. The molecule has 16 heavy (non-hydrogen) atoms. The summed E-state index contributed by atoms with van der Waals surface area (Å²) in [6.45, 7) is 9.96. The summed E-state index contributed by atoms with van der Waals surface area (Å²) in [6, 6.07) is 2.18. The van der Waals surface area contributed by atoms with Crippen LogP contribution in [0.15, 0.2) is 12.3 Å². The highest BCUT2D eigenvalue weighted by Crippen LogP contribution is 2.46. The van der Waals surface area contributed by atoms with E-state index >= 15 is 0 Å². The van der Waals surface area contributed by atoms with Crippen LogP contribution in [-0.4, -0.2) is 22.9 Å². The van der Waals surface area contributed by atoms with E-state index in [9.17, 15) is 0 Å². The summed E-state index contributed by atoms with van der Waals surface area (Å²) in [6.07, 6.45) is 3.26. The van der Waals surface area contributed by atoms with E-state index in [1.54, 1.807) is 0 Å². The minimum atomic E-state index is 0.748. The molecule has 1 N–H and O–H groups in total. The number of nitrogens with zero attached hydrogens (tertiary/aromatic N) is 2. The number of aryl methyl sites for hydroxylation is 1. The van der Waals surface area contributed by atoms with Crippen molar-refractivity contribution in [3.05, 3.63) is 18.0 Å². The van der Waals surface area contributed by atoms with Gasteiger partial charge in [-0.3, -0.25) is 4.68 Å². The van der Waals surface area contributed by atoms with Gasteiger partial charge in [-0.05, 0) is 44.3 Å². The maximum atomic E-state index is 4.34. The van der Waals surface area contributed by atoms with E-state index in [1.165, 1.54) is 12.1 Å². The highest BCUT2D eigenvalue weighted by atomic mass is 15.3. The predicted molar refractivity (Wildman–Crippen MR) is 66.5 cm³/mol. The van der Waals surface area contributed by atoms with Gasteiger partial charge in [0.25, 0.3) is 0 Å². The summed E-state index contributed by atoms with van der Waals surface area (Å²) in [7, 11) is 0. The Bertz CT molecular complexity index is 330. The molecule has 1 aromatic rings. The first kappa shape index (κ1) is 11.6. The first-order chi connectivity index (χ1) is 7.72. The van der Waals surface area contributed by atoms with Crippen molar-refractivity contribution in [2.75, 3.05) is 13.1 Å². The lowest BCUT2D eigenvalue weighted by Crippen LogP contribution is -2.22. The Balaban J connectivity index is 1.78. The fraction of sp³-hybridized carbons (Fsp3) is 0.769. The second-order valence-electron chi connectivity index (χ2n) is 5.23. The van der Waals surface area contributed by atoms with Gasteiger partial charge in [-0.15, -0.1) is 0 Å². The summed E-state index contributed by atoms with van der Waals surface area (Å²) in [5, 5.41) is 7.88. The van der Waals surface area contributed by atoms with Gasteiger partial charge in [0.15, 0.2) is 0 Å². The van der Waals surface area contributed by atoms with Gasteiger partial charge in [0.05, 0.1) is 0 Å². The first-order valence-corrected chi connectivity index (χ1v) is 6.44. The molecular formula is C13H23N3. The number of nitrogens with one attached hydrogen (secondary N) is 1. The van der Waals surface area contributed by atoms with Crippen molar-refractivity contribution in [3.63, 3.8) is 0 Å². The molecule has 3 heteroatoms. The molecule has 1 heterocycles. The van der Waals surface area contributed by atoms with Crippen molar-refractivity contribution < 1.29 is 0 Å². The monoisotopic (exact) mass is 221 g/mol. The maximum Gasteiger partial charge on any atom is 0.0492 e. The molecule has 0 bridgehead atoms. The van der Waals surface area contributed by atoms with E-state index in [4.69, 9.17) is 0 Å². The molecule has 0 saturated heterocycles. The molecule has 1 aliphatic carbocycles. The predicted octanol–water partition coefficient (Wildman–Crippen LogP) is 2.25. The summed E-state index contributed by atoms with van der Waals surface area (Å²) in [4.78, 5) is 0. The SMILES string of the molecule is CCn1nccc1C1CC1CNCC(C)C. The largest absolute Gasteiger partial charge is 0.316 e. The normalized spacial score (nSPS) is 24.0. The van der Waals surface area contributed by atoms with E-state index < -0.39 is 0 Å². The van der Waals surface area contributed by atoms with Crippen molar-refractivity contribution in [2.24, 2.45) is 11.8 Å². The average Bonchev–Trinajstić information content (AvgIpc) is 2.86. The number of hydrogen-bond acceptors (Lipinski definition) is 2. The second kappa shape index (κ2) is 5.00. The van der Waals surface area contributed by atoms with Crippen LogP contribution in [0.25, 0.3) is 0 Å². The van der Waals surface area contributed by atoms with Crippen molar-refractivity contribution in [2.45, 2.75) is 39.7 Å². The minimum Gasteiger partial charge on any atom is -0.316 e. The van der Waals surface area contributed by atoms with Crippen molar-refractivity contribution in [1.82, 2.24) is 15.1 Å². The fourth-order valence-corrected chi connectivity index (χ4v) is 2.31. The fourth-order valence-electron chi connectivity index (χ4n) is 2.31. The van der Waals surface area contributed by atoms with E-state index in [2.05, 4.69) is 41.9 Å². The molecule has 90 valence electrons. The molecule has 1 aliphatic rings. The molecule has 0 radical (unpaired) electrons. The van der Waals surface area contributed by atoms with Gasteiger partial charge >= 0.3 is 0 Å². The number of rotatable bonds is 6. The van der Waals surface area contributed by atoms with Crippen molar-refractivity contribution in [3.8, 4) is 0 Å². The van der Waals surface area contributed by atoms with Crippen LogP contribution in [0.4, 0.5) is 0 Å². The lowest BCUT2D eigenvalue weighted by Gasteiger charge is -2.07. The molecule has 2 unspecified atom stereocenters. The third-order valence-electron chi connectivity index (χ3n) is 3.31. The molecule has 2 rings (SSSR count). The molecule has 0 aromatic carbocycles. The van der Waals surface area contributed by atoms with Gasteiger partial charge in [-0.25, -0.2) is 0 Å². The highest BCUT2D eigenvalue weighted by molar-refractivity contribution is 5.17. The summed E-state index contributed by atoms with van der Waals surface area (Å²) in [5.74, 6) is 2.33. The van der Waals surface area contributed by atoms with E-state index in [0.29, 0.717) is 0 Å². The van der Waals surface area contributed by atoms with Crippen LogP contribution in [0.3, 0.4) is 0 Å². The standard InChI is InChI=1S/C13H23N3/c1-4-16-13(5-6-15-16)12-7-11(12)9-14-8-10(2)3/h5-6,10-12,14H,4,7-9H2,1-3H3. The zero-order valence-electron chi connectivity index (χ0n) is 10.6. The molecule has 3 nitrogen and oxygen atoms in total. The Morgan fingerprint density at radius 1 is 1.56 bits per heavy atom. The molecule has 0 amide bonds. The Kier molecular flexibility index (Phi) is 3.64. The molecule has 2 atom stereocenters. The number of hydrogen-bond donors (Lipinski definition) is 1. The van der Waals surface area contributed by atoms with Gasteiger partial charge in [0.2, 0.25) is 0 Å². The quantitative estimate of drug-likeness (QED) is 0.798. The summed E-state index contributed by atoms with van der Waals surface area (Å²) in [5.41, 5.74) is 1.43. The van der Waals surface area contributed by atoms with Crippen molar-refractivity contribution >= 4 is 0 Å². The topological polar surface area (TPSA) is 29.9 Å². The van der Waals surface area contributed by atoms with E-state index in [1.807, 2.05) is 6.20 Å². The van der Waals surface area contributed by atoms with Gasteiger partial charge in [0.1, 0.15) is 0 Å². The minimum absolute atomic E-state index is 0.748. The Morgan fingerprint density at radius 2 is 2.38 bits per heavy atom. The molecular weight excluding hydrogens is 198 g/mol. The van der Waals surface area contributed by atoms with Gasteiger partial charge in [-0.1, -0.05) is 13.8 Å². The smallest absolute Gasteiger partial charge is 0.0492 e. The lowest BCUT2D eigenvalue weighted by molar-refractivity contribution is 0.528. The molecule has 1 aromatic heterocycles. The second-order valence-corrected chi connectivity index (χ2v) is 5.23. The van der Waals surface area contributed by atoms with Crippen LogP contribution >= 0.6 is 0 Å². The zero-order chi connectivity index (χ0) is 11.5. The summed E-state index contributed by atoms with van der Waals surface area (Å²) < 4.78 is 2.13. The lowest BCUT2D eigenvalue weighted by atomic mass is 10.2. The Morgan fingerprint density at radius 3 is 3.06 bits per heavy atom. The third-order valence-corrected chi connectivity index (χ3v) is 3.31. The molecule has 1 fully saturated rings. The van der Waals surface area contributed by atoms with Crippen LogP contribution < -0.4 is 5.32 Å². The van der Waals surface area contributed by atoms with Gasteiger partial charge in [-0.2, -0.15) is 5.10 Å². The Hall–Kier alpha value is -0.830. The van der Waals surface area contributed by atoms with Gasteiger partial charge in [0, 0.05) is 24.4 Å². The highest BCUT2D eigenvalue weighted by Gasteiger charge is 2.39. The molecule has 0 spiro atoms. The molecule has 0 aliphatic heterocycles. The first-order valence-electron chi connectivity index (χ1n) is 6.44.